The molecule has 0 unspecified atom stereocenters. The number of nitrogens with zero attached hydrogens (tertiary/aromatic N) is 1. The summed E-state index contributed by atoms with van der Waals surface area (Å²) in [4.78, 5) is 1.21. The fourth-order valence-corrected chi connectivity index (χ4v) is 6.12. The summed E-state index contributed by atoms with van der Waals surface area (Å²) in [5, 5.41) is 1.87. The van der Waals surface area contributed by atoms with Crippen molar-refractivity contribution in [2.75, 3.05) is 24.6 Å². The zero-order valence-electron chi connectivity index (χ0n) is 9.68. The van der Waals surface area contributed by atoms with Gasteiger partial charge in [-0.05, 0) is 17.9 Å². The van der Waals surface area contributed by atoms with E-state index in [9.17, 15) is 8.42 Å². The Labute approximate surface area is 110 Å². The van der Waals surface area contributed by atoms with Gasteiger partial charge in [-0.1, -0.05) is 0 Å². The van der Waals surface area contributed by atoms with Crippen LogP contribution in [0.15, 0.2) is 10.3 Å². The lowest BCUT2D eigenvalue weighted by Gasteiger charge is -2.26. The van der Waals surface area contributed by atoms with Gasteiger partial charge in [0.1, 0.15) is 4.90 Å². The van der Waals surface area contributed by atoms with Crippen LogP contribution in [0.25, 0.3) is 0 Å². The first-order valence-electron chi connectivity index (χ1n) is 5.42. The fraction of sp³-hybridized carbons (Fsp3) is 0.600. The first-order valence-corrected chi connectivity index (χ1v) is 8.89. The van der Waals surface area contributed by atoms with E-state index in [1.807, 2.05) is 12.3 Å². The minimum absolute atomic E-state index is 0.287. The minimum Gasteiger partial charge on any atom is -0.326 e. The first kappa shape index (κ1) is 13.4. The van der Waals surface area contributed by atoms with Gasteiger partial charge in [-0.3, -0.25) is 0 Å². The topological polar surface area (TPSA) is 63.4 Å². The molecule has 2 N–H and O–H groups in total. The average molecular weight is 292 g/mol. The van der Waals surface area contributed by atoms with Gasteiger partial charge in [0.2, 0.25) is 10.0 Å². The van der Waals surface area contributed by atoms with Gasteiger partial charge in [-0.25, -0.2) is 8.42 Å². The van der Waals surface area contributed by atoms with E-state index >= 15 is 0 Å². The van der Waals surface area contributed by atoms with Gasteiger partial charge < -0.3 is 5.73 Å². The Bertz CT molecular complexity index is 490. The summed E-state index contributed by atoms with van der Waals surface area (Å²) in [5.74, 6) is 1.75. The molecule has 0 radical (unpaired) electrons. The molecule has 1 fully saturated rings. The smallest absolute Gasteiger partial charge is 0.244 e. The number of thiophene rings is 1. The Kier molecular flexibility index (Phi) is 4.14. The number of aryl methyl sites for hydroxylation is 1. The molecule has 0 aromatic carbocycles. The maximum atomic E-state index is 12.5. The zero-order valence-corrected chi connectivity index (χ0v) is 12.1. The molecule has 1 aromatic rings. The largest absolute Gasteiger partial charge is 0.326 e. The number of nitrogens with two attached hydrogens (primary N) is 1. The number of hydrogen-bond acceptors (Lipinski definition) is 5. The summed E-state index contributed by atoms with van der Waals surface area (Å²) in [6, 6.07) is 0. The van der Waals surface area contributed by atoms with E-state index in [4.69, 9.17) is 5.73 Å². The van der Waals surface area contributed by atoms with E-state index in [1.54, 1.807) is 16.1 Å². The van der Waals surface area contributed by atoms with Crippen molar-refractivity contribution in [2.24, 2.45) is 5.73 Å². The number of hydrogen-bond donors (Lipinski definition) is 1. The van der Waals surface area contributed by atoms with Gasteiger partial charge in [-0.15, -0.1) is 11.3 Å². The molecule has 0 bridgehead atoms. The SMILES string of the molecule is Cc1csc(CN)c1S(=O)(=O)N1CCSCC1. The van der Waals surface area contributed by atoms with Crippen LogP contribution < -0.4 is 5.73 Å². The molecule has 17 heavy (non-hydrogen) atoms. The van der Waals surface area contributed by atoms with Crippen LogP contribution in [-0.2, 0) is 16.6 Å². The van der Waals surface area contributed by atoms with Crippen LogP contribution in [-0.4, -0.2) is 37.3 Å². The molecule has 0 amide bonds. The third-order valence-corrected chi connectivity index (χ3v) is 7.07. The molecule has 1 aliphatic heterocycles. The Balaban J connectivity index is 2.39. The summed E-state index contributed by atoms with van der Waals surface area (Å²) < 4.78 is 26.6. The molecular weight excluding hydrogens is 276 g/mol. The highest BCUT2D eigenvalue weighted by atomic mass is 32.2. The molecular formula is C10H16N2O2S3. The second-order valence-electron chi connectivity index (χ2n) is 3.89. The van der Waals surface area contributed by atoms with Crippen molar-refractivity contribution in [3.63, 3.8) is 0 Å². The monoisotopic (exact) mass is 292 g/mol. The second kappa shape index (κ2) is 5.27. The van der Waals surface area contributed by atoms with Crippen molar-refractivity contribution in [1.29, 1.82) is 0 Å². The third kappa shape index (κ3) is 2.53. The molecule has 2 heterocycles. The molecule has 7 heteroatoms. The Morgan fingerprint density at radius 3 is 2.65 bits per heavy atom. The molecule has 0 saturated carbocycles. The third-order valence-electron chi connectivity index (χ3n) is 2.74. The fourth-order valence-electron chi connectivity index (χ4n) is 1.89. The van der Waals surface area contributed by atoms with Crippen LogP contribution in [0.1, 0.15) is 10.4 Å². The van der Waals surface area contributed by atoms with Crippen LogP contribution in [0, 0.1) is 6.92 Å². The zero-order chi connectivity index (χ0) is 12.5. The highest BCUT2D eigenvalue weighted by Crippen LogP contribution is 2.30. The molecule has 2 rings (SSSR count). The molecule has 1 saturated heterocycles. The van der Waals surface area contributed by atoms with E-state index in [2.05, 4.69) is 0 Å². The Morgan fingerprint density at radius 2 is 2.06 bits per heavy atom. The maximum Gasteiger partial charge on any atom is 0.244 e. The molecule has 0 aliphatic carbocycles. The highest BCUT2D eigenvalue weighted by molar-refractivity contribution is 7.99. The molecule has 1 aliphatic rings. The number of rotatable bonds is 3. The second-order valence-corrected chi connectivity index (χ2v) is 7.96. The van der Waals surface area contributed by atoms with Gasteiger partial charge in [0, 0.05) is 36.0 Å². The molecule has 4 nitrogen and oxygen atoms in total. The van der Waals surface area contributed by atoms with Crippen LogP contribution in [0.5, 0.6) is 0 Å². The van der Waals surface area contributed by atoms with Crippen LogP contribution in [0.3, 0.4) is 0 Å². The summed E-state index contributed by atoms with van der Waals surface area (Å²) in [5.41, 5.74) is 6.43. The van der Waals surface area contributed by atoms with Crippen molar-refractivity contribution in [1.82, 2.24) is 4.31 Å². The molecule has 96 valence electrons. The van der Waals surface area contributed by atoms with Crippen molar-refractivity contribution >= 4 is 33.1 Å². The predicted molar refractivity (Wildman–Crippen MR) is 73.0 cm³/mol. The van der Waals surface area contributed by atoms with E-state index < -0.39 is 10.0 Å². The minimum atomic E-state index is -3.34. The lowest BCUT2D eigenvalue weighted by Crippen LogP contribution is -2.38. The maximum absolute atomic E-state index is 12.5. The highest BCUT2D eigenvalue weighted by Gasteiger charge is 2.30. The standard InChI is InChI=1S/C10H16N2O2S3/c1-8-7-16-9(6-11)10(8)17(13,14)12-2-4-15-5-3-12/h7H,2-6,11H2,1H3. The van der Waals surface area contributed by atoms with Crippen molar-refractivity contribution in [2.45, 2.75) is 18.4 Å². The number of thioether (sulfide) groups is 1. The Morgan fingerprint density at radius 1 is 1.41 bits per heavy atom. The van der Waals surface area contributed by atoms with Gasteiger partial charge >= 0.3 is 0 Å². The summed E-state index contributed by atoms with van der Waals surface area (Å²) >= 11 is 3.23. The normalized spacial score (nSPS) is 18.5. The van der Waals surface area contributed by atoms with Crippen LogP contribution in [0.4, 0.5) is 0 Å². The number of sulfonamides is 1. The van der Waals surface area contributed by atoms with E-state index in [0.717, 1.165) is 21.9 Å². The van der Waals surface area contributed by atoms with Gasteiger partial charge in [0.25, 0.3) is 0 Å². The van der Waals surface area contributed by atoms with Crippen LogP contribution in [0.2, 0.25) is 0 Å². The van der Waals surface area contributed by atoms with E-state index in [0.29, 0.717) is 18.0 Å². The van der Waals surface area contributed by atoms with Crippen molar-refractivity contribution in [3.8, 4) is 0 Å². The van der Waals surface area contributed by atoms with Gasteiger partial charge in [-0.2, -0.15) is 16.1 Å². The van der Waals surface area contributed by atoms with Crippen LogP contribution >= 0.6 is 23.1 Å². The Hall–Kier alpha value is -0.0800. The van der Waals surface area contributed by atoms with E-state index in [-0.39, 0.29) is 6.54 Å². The van der Waals surface area contributed by atoms with Gasteiger partial charge in [0.15, 0.2) is 0 Å². The van der Waals surface area contributed by atoms with Gasteiger partial charge in [0.05, 0.1) is 0 Å². The quantitative estimate of drug-likeness (QED) is 0.911. The lowest BCUT2D eigenvalue weighted by atomic mass is 10.3. The van der Waals surface area contributed by atoms with Crippen molar-refractivity contribution < 1.29 is 8.42 Å². The predicted octanol–water partition coefficient (Wildman–Crippen LogP) is 1.25. The van der Waals surface area contributed by atoms with E-state index in [1.165, 1.54) is 11.3 Å². The molecule has 0 atom stereocenters. The molecule has 1 aromatic heterocycles. The lowest BCUT2D eigenvalue weighted by molar-refractivity contribution is 0.443. The summed E-state index contributed by atoms with van der Waals surface area (Å²) in [7, 11) is -3.34. The summed E-state index contributed by atoms with van der Waals surface area (Å²) in [6.07, 6.45) is 0. The molecule has 0 spiro atoms. The summed E-state index contributed by atoms with van der Waals surface area (Å²) in [6.45, 7) is 3.33. The first-order chi connectivity index (χ1) is 8.07. The average Bonchev–Trinajstić information content (AvgIpc) is 2.72. The van der Waals surface area contributed by atoms with Crippen molar-refractivity contribution in [3.05, 3.63) is 15.8 Å².